The molecule has 1 fully saturated rings. The Morgan fingerprint density at radius 3 is 2.58 bits per heavy atom. The molecule has 0 N–H and O–H groups in total. The van der Waals surface area contributed by atoms with Gasteiger partial charge in [0, 0.05) is 6.54 Å². The molecule has 130 valence electrons. The summed E-state index contributed by atoms with van der Waals surface area (Å²) in [5.74, 6) is 0.943. The number of hydrogen-bond donors (Lipinski definition) is 0. The van der Waals surface area contributed by atoms with Gasteiger partial charge in [-0.3, -0.25) is 14.5 Å². The number of methoxy groups -OCH3 is 1. The summed E-state index contributed by atoms with van der Waals surface area (Å²) in [6.45, 7) is 6.18. The third-order valence-corrected chi connectivity index (χ3v) is 5.13. The van der Waals surface area contributed by atoms with Crippen molar-refractivity contribution in [3.8, 4) is 11.5 Å². The van der Waals surface area contributed by atoms with Gasteiger partial charge in [-0.2, -0.15) is 0 Å². The van der Waals surface area contributed by atoms with Crippen LogP contribution in [0.15, 0.2) is 21.5 Å². The molecular formula is C17H20BrNO4S. The summed E-state index contributed by atoms with van der Waals surface area (Å²) in [5, 5.41) is -0.239. The fraction of sp³-hybridized carbons (Fsp3) is 0.412. The van der Waals surface area contributed by atoms with Crippen molar-refractivity contribution >= 4 is 44.9 Å². The van der Waals surface area contributed by atoms with E-state index in [-0.39, 0.29) is 17.3 Å². The van der Waals surface area contributed by atoms with E-state index in [1.165, 1.54) is 4.90 Å². The van der Waals surface area contributed by atoms with E-state index in [1.807, 2.05) is 19.9 Å². The van der Waals surface area contributed by atoms with Crippen LogP contribution in [-0.4, -0.2) is 35.8 Å². The SMILES string of the molecule is CC[C@H](C)Oc1c(Br)cc(/C=C2/SC(=O)N(CC)C2=O)cc1OC. The summed E-state index contributed by atoms with van der Waals surface area (Å²) in [5.41, 5.74) is 0.761. The third-order valence-electron chi connectivity index (χ3n) is 3.63. The second-order valence-corrected chi connectivity index (χ2v) is 7.14. The van der Waals surface area contributed by atoms with E-state index in [2.05, 4.69) is 15.9 Å². The number of thioether (sulfide) groups is 1. The monoisotopic (exact) mass is 413 g/mol. The lowest BCUT2D eigenvalue weighted by Gasteiger charge is -2.17. The smallest absolute Gasteiger partial charge is 0.293 e. The Bertz CT molecular complexity index is 689. The van der Waals surface area contributed by atoms with Crippen LogP contribution in [0.4, 0.5) is 4.79 Å². The minimum atomic E-state index is -0.262. The molecule has 5 nitrogen and oxygen atoms in total. The fourth-order valence-electron chi connectivity index (χ4n) is 2.15. The van der Waals surface area contributed by atoms with Crippen LogP contribution >= 0.6 is 27.7 Å². The Balaban J connectivity index is 2.36. The topological polar surface area (TPSA) is 55.8 Å². The zero-order chi connectivity index (χ0) is 17.9. The second-order valence-electron chi connectivity index (χ2n) is 5.30. The molecule has 1 aliphatic rings. The molecule has 0 aromatic heterocycles. The lowest BCUT2D eigenvalue weighted by molar-refractivity contribution is -0.122. The maximum absolute atomic E-state index is 12.2. The molecule has 2 rings (SSSR count). The molecule has 0 aliphatic carbocycles. The number of likely N-dealkylation sites (N-methyl/N-ethyl adjacent to an activating group) is 1. The molecule has 7 heteroatoms. The molecule has 0 radical (unpaired) electrons. The minimum Gasteiger partial charge on any atom is -0.493 e. The first-order chi connectivity index (χ1) is 11.4. The summed E-state index contributed by atoms with van der Waals surface area (Å²) < 4.78 is 12.0. The predicted molar refractivity (Wildman–Crippen MR) is 99.4 cm³/mol. The largest absolute Gasteiger partial charge is 0.493 e. The van der Waals surface area contributed by atoms with Crippen LogP contribution in [0.1, 0.15) is 32.8 Å². The number of amides is 2. The van der Waals surface area contributed by atoms with E-state index in [4.69, 9.17) is 9.47 Å². The van der Waals surface area contributed by atoms with E-state index in [0.717, 1.165) is 28.2 Å². The molecule has 0 saturated carbocycles. The number of carbonyl (C=O) groups is 2. The summed E-state index contributed by atoms with van der Waals surface area (Å²) in [6, 6.07) is 3.64. The van der Waals surface area contributed by atoms with E-state index in [0.29, 0.717) is 22.9 Å². The van der Waals surface area contributed by atoms with Crippen LogP contribution in [0.3, 0.4) is 0 Å². The van der Waals surface area contributed by atoms with Gasteiger partial charge in [-0.25, -0.2) is 0 Å². The quantitative estimate of drug-likeness (QED) is 0.632. The molecule has 2 amide bonds. The Labute approximate surface area is 154 Å². The number of benzene rings is 1. The van der Waals surface area contributed by atoms with Gasteiger partial charge in [0.2, 0.25) is 0 Å². The number of halogens is 1. The highest BCUT2D eigenvalue weighted by atomic mass is 79.9. The highest BCUT2D eigenvalue weighted by Crippen LogP contribution is 2.39. The molecule has 1 atom stereocenters. The summed E-state index contributed by atoms with van der Waals surface area (Å²) >= 11 is 4.45. The third kappa shape index (κ3) is 3.95. The Morgan fingerprint density at radius 2 is 2.04 bits per heavy atom. The molecule has 0 spiro atoms. The average molecular weight is 414 g/mol. The Kier molecular flexibility index (Phi) is 6.34. The number of carbonyl (C=O) groups excluding carboxylic acids is 2. The van der Waals surface area contributed by atoms with Crippen molar-refractivity contribution in [3.63, 3.8) is 0 Å². The molecule has 0 bridgehead atoms. The molecule has 24 heavy (non-hydrogen) atoms. The number of imide groups is 1. The summed E-state index contributed by atoms with van der Waals surface area (Å²) in [4.78, 5) is 25.6. The number of rotatable bonds is 6. The van der Waals surface area contributed by atoms with Gasteiger partial charge in [0.15, 0.2) is 11.5 Å². The first kappa shape index (κ1) is 18.9. The molecule has 1 aromatic rings. The lowest BCUT2D eigenvalue weighted by Crippen LogP contribution is -2.27. The van der Waals surface area contributed by atoms with Crippen molar-refractivity contribution in [1.29, 1.82) is 0 Å². The molecule has 1 aromatic carbocycles. The predicted octanol–water partition coefficient (Wildman–Crippen LogP) is 4.69. The van der Waals surface area contributed by atoms with E-state index in [9.17, 15) is 9.59 Å². The van der Waals surface area contributed by atoms with E-state index >= 15 is 0 Å². The van der Waals surface area contributed by atoms with Gasteiger partial charge in [-0.05, 0) is 71.7 Å². The number of nitrogens with zero attached hydrogens (tertiary/aromatic N) is 1. The van der Waals surface area contributed by atoms with Crippen LogP contribution < -0.4 is 9.47 Å². The molecule has 0 unspecified atom stereocenters. The van der Waals surface area contributed by atoms with Gasteiger partial charge in [0.05, 0.1) is 22.6 Å². The van der Waals surface area contributed by atoms with Gasteiger partial charge < -0.3 is 9.47 Å². The zero-order valence-electron chi connectivity index (χ0n) is 14.1. The van der Waals surface area contributed by atoms with Gasteiger partial charge in [-0.15, -0.1) is 0 Å². The fourth-order valence-corrected chi connectivity index (χ4v) is 3.60. The van der Waals surface area contributed by atoms with Crippen molar-refractivity contribution in [3.05, 3.63) is 27.1 Å². The van der Waals surface area contributed by atoms with Crippen molar-refractivity contribution in [2.75, 3.05) is 13.7 Å². The van der Waals surface area contributed by atoms with Crippen LogP contribution in [0.2, 0.25) is 0 Å². The Hall–Kier alpha value is -1.47. The van der Waals surface area contributed by atoms with Crippen LogP contribution in [0.5, 0.6) is 11.5 Å². The highest BCUT2D eigenvalue weighted by molar-refractivity contribution is 9.10. The van der Waals surface area contributed by atoms with Crippen LogP contribution in [-0.2, 0) is 4.79 Å². The first-order valence-corrected chi connectivity index (χ1v) is 9.31. The minimum absolute atomic E-state index is 0.0575. The number of ether oxygens (including phenoxy) is 2. The van der Waals surface area contributed by atoms with Crippen molar-refractivity contribution in [1.82, 2.24) is 4.90 Å². The average Bonchev–Trinajstić information content (AvgIpc) is 2.82. The Morgan fingerprint density at radius 1 is 1.33 bits per heavy atom. The van der Waals surface area contributed by atoms with Gasteiger partial charge >= 0.3 is 0 Å². The first-order valence-electron chi connectivity index (χ1n) is 7.70. The highest BCUT2D eigenvalue weighted by Gasteiger charge is 2.33. The number of hydrogen-bond acceptors (Lipinski definition) is 5. The lowest BCUT2D eigenvalue weighted by atomic mass is 10.1. The van der Waals surface area contributed by atoms with Crippen LogP contribution in [0.25, 0.3) is 6.08 Å². The van der Waals surface area contributed by atoms with E-state index < -0.39 is 0 Å². The standard InChI is InChI=1S/C17H20BrNO4S/c1-5-10(3)23-15-12(18)7-11(8-13(15)22-4)9-14-16(20)19(6-2)17(21)24-14/h7-10H,5-6H2,1-4H3/b14-9+/t10-/m0/s1. The van der Waals surface area contributed by atoms with Crippen molar-refractivity contribution in [2.24, 2.45) is 0 Å². The van der Waals surface area contributed by atoms with Gasteiger partial charge in [0.1, 0.15) is 0 Å². The van der Waals surface area contributed by atoms with E-state index in [1.54, 1.807) is 26.2 Å². The molecular weight excluding hydrogens is 394 g/mol. The molecule has 1 aliphatic heterocycles. The molecule has 1 saturated heterocycles. The molecule has 1 heterocycles. The maximum atomic E-state index is 12.2. The van der Waals surface area contributed by atoms with Gasteiger partial charge in [0.25, 0.3) is 11.1 Å². The summed E-state index contributed by atoms with van der Waals surface area (Å²) in [7, 11) is 1.57. The normalized spacial score (nSPS) is 17.5. The van der Waals surface area contributed by atoms with Crippen LogP contribution in [0, 0.1) is 0 Å². The maximum Gasteiger partial charge on any atom is 0.293 e. The van der Waals surface area contributed by atoms with Crippen molar-refractivity contribution in [2.45, 2.75) is 33.3 Å². The van der Waals surface area contributed by atoms with Crippen molar-refractivity contribution < 1.29 is 19.1 Å². The zero-order valence-corrected chi connectivity index (χ0v) is 16.5. The van der Waals surface area contributed by atoms with Gasteiger partial charge in [-0.1, -0.05) is 6.92 Å². The summed E-state index contributed by atoms with van der Waals surface area (Å²) in [6.07, 6.45) is 2.63. The second kappa shape index (κ2) is 8.07.